The van der Waals surface area contributed by atoms with Gasteiger partial charge in [-0.3, -0.25) is 4.79 Å². The average Bonchev–Trinajstić information content (AvgIpc) is 3.15. The Kier molecular flexibility index (Phi) is 11.0. The minimum absolute atomic E-state index is 0.207. The Morgan fingerprint density at radius 1 is 1.28 bits per heavy atom. The fourth-order valence-electron chi connectivity index (χ4n) is 4.90. The first kappa shape index (κ1) is 27.9. The zero-order chi connectivity index (χ0) is 25.8. The van der Waals surface area contributed by atoms with Crippen LogP contribution < -0.4 is 10.6 Å². The summed E-state index contributed by atoms with van der Waals surface area (Å²) in [5.74, 6) is 0.915. The summed E-state index contributed by atoms with van der Waals surface area (Å²) in [6.45, 7) is 6.92. The topological polar surface area (TPSA) is 128 Å². The van der Waals surface area contributed by atoms with Gasteiger partial charge in [0.15, 0.2) is 0 Å². The van der Waals surface area contributed by atoms with Crippen LogP contribution in [0.15, 0.2) is 9.98 Å². The van der Waals surface area contributed by atoms with E-state index in [1.807, 2.05) is 18.7 Å². The number of nitriles is 1. The maximum Gasteiger partial charge on any atom is 0.434 e. The largest absolute Gasteiger partial charge is 0.478 e. The maximum absolute atomic E-state index is 13.5. The van der Waals surface area contributed by atoms with Gasteiger partial charge >= 0.3 is 6.09 Å². The molecule has 2 amide bonds. The highest BCUT2D eigenvalue weighted by Crippen LogP contribution is 2.28. The quantitative estimate of drug-likeness (QED) is 0.297. The second kappa shape index (κ2) is 14.2. The lowest BCUT2D eigenvalue weighted by Gasteiger charge is -2.33. The van der Waals surface area contributed by atoms with Crippen LogP contribution in [0.25, 0.3) is 0 Å². The van der Waals surface area contributed by atoms with E-state index in [9.17, 15) is 14.9 Å². The molecule has 0 bridgehead atoms. The summed E-state index contributed by atoms with van der Waals surface area (Å²) in [5, 5.41) is 16.1. The van der Waals surface area contributed by atoms with E-state index in [2.05, 4.69) is 21.7 Å². The van der Waals surface area contributed by atoms with Crippen LogP contribution in [0.5, 0.6) is 0 Å². The van der Waals surface area contributed by atoms with Gasteiger partial charge in [-0.15, -0.1) is 0 Å². The summed E-state index contributed by atoms with van der Waals surface area (Å²) in [5.41, 5.74) is -0.854. The van der Waals surface area contributed by atoms with Crippen molar-refractivity contribution in [2.24, 2.45) is 21.8 Å². The number of ether oxygens (including phenoxy) is 2. The minimum Gasteiger partial charge on any atom is -0.478 e. The summed E-state index contributed by atoms with van der Waals surface area (Å²) in [7, 11) is 0. The summed E-state index contributed by atoms with van der Waals surface area (Å²) >= 11 is 0. The highest BCUT2D eigenvalue weighted by molar-refractivity contribution is 5.89. The van der Waals surface area contributed by atoms with Crippen molar-refractivity contribution in [2.75, 3.05) is 39.4 Å². The van der Waals surface area contributed by atoms with Crippen molar-refractivity contribution in [1.29, 1.82) is 5.26 Å². The molecule has 0 aromatic rings. The number of piperidine rings is 1. The maximum atomic E-state index is 13.5. The fourth-order valence-corrected chi connectivity index (χ4v) is 4.90. The van der Waals surface area contributed by atoms with Crippen LogP contribution in [0.3, 0.4) is 0 Å². The average molecular weight is 503 g/mol. The van der Waals surface area contributed by atoms with Gasteiger partial charge in [0.25, 0.3) is 0 Å². The second-order valence-electron chi connectivity index (χ2n) is 10.6. The molecule has 0 aromatic heterocycles. The minimum atomic E-state index is -0.854. The van der Waals surface area contributed by atoms with E-state index >= 15 is 0 Å². The van der Waals surface area contributed by atoms with Gasteiger partial charge in [0.2, 0.25) is 11.8 Å². The lowest BCUT2D eigenvalue weighted by Crippen LogP contribution is -2.56. The number of morpholine rings is 1. The molecule has 200 valence electrons. The van der Waals surface area contributed by atoms with Crippen molar-refractivity contribution in [3.05, 3.63) is 0 Å². The molecule has 1 atom stereocenters. The molecule has 2 N–H and O–H groups in total. The number of hydrogen-bond donors (Lipinski definition) is 2. The molecule has 2 heterocycles. The molecule has 10 nitrogen and oxygen atoms in total. The number of nitrogens with one attached hydrogen (secondary N) is 2. The highest BCUT2D eigenvalue weighted by atomic mass is 16.5. The van der Waals surface area contributed by atoms with Crippen LogP contribution in [-0.4, -0.2) is 80.1 Å². The number of aliphatic imine (C=N–C) groups is 2. The van der Waals surface area contributed by atoms with E-state index in [-0.39, 0.29) is 11.8 Å². The molecule has 0 aromatic carbocycles. The van der Waals surface area contributed by atoms with Crippen LogP contribution in [0, 0.1) is 23.2 Å². The predicted octanol–water partition coefficient (Wildman–Crippen LogP) is 3.03. The number of nitrogens with zero attached hydrogens (tertiary/aromatic N) is 4. The van der Waals surface area contributed by atoms with Crippen LogP contribution in [0.2, 0.25) is 0 Å². The van der Waals surface area contributed by atoms with E-state index in [0.29, 0.717) is 70.5 Å². The van der Waals surface area contributed by atoms with Crippen LogP contribution in [-0.2, 0) is 14.3 Å². The van der Waals surface area contributed by atoms with Crippen molar-refractivity contribution in [1.82, 2.24) is 15.5 Å². The van der Waals surface area contributed by atoms with Gasteiger partial charge in [-0.25, -0.2) is 9.79 Å². The first-order chi connectivity index (χ1) is 17.4. The summed E-state index contributed by atoms with van der Waals surface area (Å²) in [4.78, 5) is 35.8. The Bertz CT molecular complexity index is 823. The van der Waals surface area contributed by atoms with E-state index in [1.54, 1.807) is 0 Å². The standard InChI is InChI=1S/C26H42N6O4/c1-20(2)17-36-25(34)29-19-32-13-14-35-23(16-32)30-22(15-21-7-5-3-4-6-8-21)24(33)31-26(18-27)9-11-28-12-10-26/h19-22,28H,3-17H2,1-2H3,(H,31,33). The van der Waals surface area contributed by atoms with E-state index in [1.165, 1.54) is 32.0 Å². The number of carbonyl (C=O) groups is 2. The monoisotopic (exact) mass is 502 g/mol. The van der Waals surface area contributed by atoms with Gasteiger partial charge in [0.1, 0.15) is 18.2 Å². The normalized spacial score (nSPS) is 23.1. The van der Waals surface area contributed by atoms with Crippen molar-refractivity contribution in [2.45, 2.75) is 83.2 Å². The molecule has 10 heteroatoms. The zero-order valence-corrected chi connectivity index (χ0v) is 21.8. The van der Waals surface area contributed by atoms with E-state index in [4.69, 9.17) is 14.5 Å². The highest BCUT2D eigenvalue weighted by Gasteiger charge is 2.36. The molecule has 36 heavy (non-hydrogen) atoms. The SMILES string of the molecule is CC(C)COC(=O)N=CN1CCOC(=NC(CC2CCCCCC2)C(=O)NC2(C#N)CCNCC2)C1. The summed E-state index contributed by atoms with van der Waals surface area (Å²) in [6, 6.07) is 1.74. The molecule has 3 aliphatic rings. The van der Waals surface area contributed by atoms with Crippen LogP contribution in [0.1, 0.15) is 71.6 Å². The van der Waals surface area contributed by atoms with Gasteiger partial charge in [-0.2, -0.15) is 10.3 Å². The lowest BCUT2D eigenvalue weighted by atomic mass is 9.88. The number of amides is 2. The lowest BCUT2D eigenvalue weighted by molar-refractivity contribution is -0.124. The van der Waals surface area contributed by atoms with Crippen molar-refractivity contribution in [3.63, 3.8) is 0 Å². The second-order valence-corrected chi connectivity index (χ2v) is 10.6. The molecule has 2 aliphatic heterocycles. The molecule has 3 rings (SSSR count). The summed E-state index contributed by atoms with van der Waals surface area (Å²) in [6.07, 6.45) is 9.67. The number of rotatable bonds is 8. The molecule has 3 fully saturated rings. The third kappa shape index (κ3) is 9.08. The molecule has 2 saturated heterocycles. The molecular weight excluding hydrogens is 460 g/mol. The Balaban J connectivity index is 1.69. The molecule has 0 radical (unpaired) electrons. The predicted molar refractivity (Wildman–Crippen MR) is 138 cm³/mol. The summed E-state index contributed by atoms with van der Waals surface area (Å²) < 4.78 is 10.9. The van der Waals surface area contributed by atoms with Gasteiger partial charge in [-0.05, 0) is 44.2 Å². The number of carbonyl (C=O) groups excluding carboxylic acids is 2. The first-order valence-corrected chi connectivity index (χ1v) is 13.5. The Labute approximate surface area is 214 Å². The van der Waals surface area contributed by atoms with Crippen molar-refractivity contribution < 1.29 is 19.1 Å². The molecular formula is C26H42N6O4. The third-order valence-corrected chi connectivity index (χ3v) is 7.02. The Morgan fingerprint density at radius 3 is 2.67 bits per heavy atom. The smallest absolute Gasteiger partial charge is 0.434 e. The first-order valence-electron chi connectivity index (χ1n) is 13.5. The van der Waals surface area contributed by atoms with E-state index in [0.717, 1.165) is 12.8 Å². The third-order valence-electron chi connectivity index (χ3n) is 7.02. The Morgan fingerprint density at radius 2 is 2.00 bits per heavy atom. The van der Waals surface area contributed by atoms with Crippen molar-refractivity contribution in [3.8, 4) is 6.07 Å². The zero-order valence-electron chi connectivity index (χ0n) is 21.8. The molecule has 1 unspecified atom stereocenters. The molecule has 1 saturated carbocycles. The molecule has 1 aliphatic carbocycles. The molecule has 0 spiro atoms. The van der Waals surface area contributed by atoms with Crippen molar-refractivity contribution >= 4 is 24.2 Å². The fraction of sp³-hybridized carbons (Fsp3) is 0.808. The van der Waals surface area contributed by atoms with Gasteiger partial charge in [0.05, 0.1) is 32.1 Å². The number of hydrogen-bond acceptors (Lipinski definition) is 7. The van der Waals surface area contributed by atoms with Gasteiger partial charge < -0.3 is 25.0 Å². The van der Waals surface area contributed by atoms with Crippen LogP contribution >= 0.6 is 0 Å². The Hall–Kier alpha value is -2.67. The van der Waals surface area contributed by atoms with Gasteiger partial charge in [-0.1, -0.05) is 52.4 Å². The van der Waals surface area contributed by atoms with E-state index < -0.39 is 17.7 Å². The van der Waals surface area contributed by atoms with Gasteiger partial charge in [0, 0.05) is 0 Å². The van der Waals surface area contributed by atoms with Crippen LogP contribution in [0.4, 0.5) is 4.79 Å².